The van der Waals surface area contributed by atoms with E-state index in [1.54, 1.807) is 36.4 Å². The second-order valence-corrected chi connectivity index (χ2v) is 8.38. The lowest BCUT2D eigenvalue weighted by Gasteiger charge is -2.41. The topological polar surface area (TPSA) is 96.6 Å². The van der Waals surface area contributed by atoms with Crippen molar-refractivity contribution >= 4 is 11.8 Å². The number of ketones is 1. The number of benzene rings is 3. The zero-order chi connectivity index (χ0) is 24.2. The Balaban J connectivity index is 1.90. The molecule has 6 nitrogen and oxygen atoms in total. The van der Waals surface area contributed by atoms with Crippen LogP contribution in [0.5, 0.6) is 11.5 Å². The molecule has 1 unspecified atom stereocenters. The van der Waals surface area contributed by atoms with Crippen LogP contribution in [0, 0.1) is 16.7 Å². The van der Waals surface area contributed by atoms with Gasteiger partial charge in [-0.05, 0) is 53.8 Å². The number of nitrogens with zero attached hydrogens (tertiary/aromatic N) is 1. The number of Topliss-reactive ketones (excluding diaryl/α,β-unsaturated/α-hetero) is 1. The molecule has 6 heteroatoms. The average molecular weight is 456 g/mol. The maximum absolute atomic E-state index is 13.8. The Morgan fingerprint density at radius 3 is 2.18 bits per heavy atom. The van der Waals surface area contributed by atoms with E-state index in [1.165, 1.54) is 19.2 Å². The van der Waals surface area contributed by atoms with E-state index in [0.717, 1.165) is 5.56 Å². The van der Waals surface area contributed by atoms with Gasteiger partial charge < -0.3 is 14.6 Å². The molecule has 0 aromatic heterocycles. The van der Waals surface area contributed by atoms with Crippen LogP contribution in [-0.2, 0) is 26.3 Å². The molecule has 3 aromatic rings. The van der Waals surface area contributed by atoms with Crippen molar-refractivity contribution in [1.82, 2.24) is 0 Å². The van der Waals surface area contributed by atoms with Gasteiger partial charge in [-0.15, -0.1) is 0 Å². The highest BCUT2D eigenvalue weighted by atomic mass is 16.5. The number of rotatable bonds is 7. The number of nitriles is 1. The molecule has 1 aliphatic rings. The van der Waals surface area contributed by atoms with Crippen molar-refractivity contribution in [2.75, 3.05) is 7.11 Å². The van der Waals surface area contributed by atoms with Crippen LogP contribution in [0.25, 0.3) is 0 Å². The summed E-state index contributed by atoms with van der Waals surface area (Å²) in [6.45, 7) is -0.00555. The SMILES string of the molecule is COc1ccc(C(C#N)(c2ccc(O)cc2)[C@]2(C(=O)OCc3ccccc3)CCCC2=O)cc1. The predicted molar refractivity (Wildman–Crippen MR) is 125 cm³/mol. The number of esters is 1. The zero-order valence-electron chi connectivity index (χ0n) is 18.9. The van der Waals surface area contributed by atoms with E-state index < -0.39 is 16.8 Å². The van der Waals surface area contributed by atoms with E-state index in [-0.39, 0.29) is 31.0 Å². The van der Waals surface area contributed by atoms with Crippen molar-refractivity contribution in [3.05, 3.63) is 95.6 Å². The smallest absolute Gasteiger partial charge is 0.322 e. The quantitative estimate of drug-likeness (QED) is 0.410. The molecular weight excluding hydrogens is 430 g/mol. The van der Waals surface area contributed by atoms with E-state index in [2.05, 4.69) is 6.07 Å². The molecule has 0 amide bonds. The van der Waals surface area contributed by atoms with Crippen LogP contribution in [0.15, 0.2) is 78.9 Å². The fraction of sp³-hybridized carbons (Fsp3) is 0.250. The number of ether oxygens (including phenoxy) is 2. The van der Waals surface area contributed by atoms with Crippen LogP contribution in [-0.4, -0.2) is 24.0 Å². The summed E-state index contributed by atoms with van der Waals surface area (Å²) in [5.74, 6) is -0.441. The molecule has 0 bridgehead atoms. The molecule has 0 saturated heterocycles. The highest BCUT2D eigenvalue weighted by Gasteiger charge is 2.66. The van der Waals surface area contributed by atoms with Crippen molar-refractivity contribution in [3.8, 4) is 17.6 Å². The Hall–Kier alpha value is -4.11. The molecule has 0 radical (unpaired) electrons. The van der Waals surface area contributed by atoms with Crippen LogP contribution < -0.4 is 4.74 Å². The van der Waals surface area contributed by atoms with Gasteiger partial charge in [0.2, 0.25) is 0 Å². The number of phenolic OH excluding ortho intramolecular Hbond substituents is 1. The van der Waals surface area contributed by atoms with Crippen molar-refractivity contribution in [2.45, 2.75) is 31.3 Å². The van der Waals surface area contributed by atoms with Crippen molar-refractivity contribution in [3.63, 3.8) is 0 Å². The second kappa shape index (κ2) is 9.40. The highest BCUT2D eigenvalue weighted by molar-refractivity contribution is 6.08. The summed E-state index contributed by atoms with van der Waals surface area (Å²) in [5.41, 5.74) is -1.69. The standard InChI is InChI=1S/C28H25NO5/c1-33-24-15-11-22(12-16-24)28(19-29,21-9-13-23(30)14-10-21)27(17-5-8-25(27)31)26(32)34-18-20-6-3-2-4-7-20/h2-4,6-7,9-16,30H,5,8,17-18H2,1H3/t27-,28?/m1/s1. The average Bonchev–Trinajstić information content (AvgIpc) is 3.27. The van der Waals surface area contributed by atoms with Crippen molar-refractivity contribution in [1.29, 1.82) is 5.26 Å². The lowest BCUT2D eigenvalue weighted by molar-refractivity contribution is -0.163. The molecule has 4 rings (SSSR count). The fourth-order valence-corrected chi connectivity index (χ4v) is 4.92. The summed E-state index contributed by atoms with van der Waals surface area (Å²) in [4.78, 5) is 27.4. The van der Waals surface area contributed by atoms with E-state index in [0.29, 0.717) is 23.3 Å². The van der Waals surface area contributed by atoms with Crippen LogP contribution in [0.1, 0.15) is 36.0 Å². The van der Waals surface area contributed by atoms with Gasteiger partial charge in [0.25, 0.3) is 0 Å². The molecule has 0 spiro atoms. The maximum Gasteiger partial charge on any atom is 0.322 e. The number of aromatic hydroxyl groups is 1. The molecule has 1 N–H and O–H groups in total. The number of phenols is 1. The highest BCUT2D eigenvalue weighted by Crippen LogP contribution is 2.55. The van der Waals surface area contributed by atoms with Crippen LogP contribution in [0.2, 0.25) is 0 Å². The Labute approximate surface area is 198 Å². The van der Waals surface area contributed by atoms with Gasteiger partial charge in [-0.1, -0.05) is 54.6 Å². The summed E-state index contributed by atoms with van der Waals surface area (Å²) in [5, 5.41) is 20.6. The Morgan fingerprint density at radius 1 is 1.03 bits per heavy atom. The summed E-state index contributed by atoms with van der Waals surface area (Å²) < 4.78 is 11.0. The van der Waals surface area contributed by atoms with Crippen LogP contribution in [0.4, 0.5) is 0 Å². The molecule has 0 aliphatic heterocycles. The first-order chi connectivity index (χ1) is 16.5. The van der Waals surface area contributed by atoms with Crippen LogP contribution >= 0.6 is 0 Å². The van der Waals surface area contributed by atoms with Gasteiger partial charge in [-0.25, -0.2) is 0 Å². The minimum absolute atomic E-state index is 0.00555. The maximum atomic E-state index is 13.8. The third-order valence-corrected chi connectivity index (χ3v) is 6.62. The third kappa shape index (κ3) is 3.69. The van der Waals surface area contributed by atoms with Crippen molar-refractivity contribution < 1.29 is 24.2 Å². The monoisotopic (exact) mass is 455 g/mol. The first-order valence-electron chi connectivity index (χ1n) is 11.1. The number of carbonyl (C=O) groups is 2. The molecule has 34 heavy (non-hydrogen) atoms. The number of methoxy groups -OCH3 is 1. The lowest BCUT2D eigenvalue weighted by Crippen LogP contribution is -2.54. The molecule has 3 aromatic carbocycles. The minimum Gasteiger partial charge on any atom is -0.508 e. The predicted octanol–water partition coefficient (Wildman–Crippen LogP) is 4.69. The van der Waals surface area contributed by atoms with Crippen molar-refractivity contribution in [2.24, 2.45) is 5.41 Å². The number of hydrogen-bond acceptors (Lipinski definition) is 6. The molecule has 2 atom stereocenters. The Morgan fingerprint density at radius 2 is 1.65 bits per heavy atom. The van der Waals surface area contributed by atoms with Gasteiger partial charge >= 0.3 is 5.97 Å². The van der Waals surface area contributed by atoms with Gasteiger partial charge in [-0.2, -0.15) is 5.26 Å². The molecule has 172 valence electrons. The van der Waals surface area contributed by atoms with E-state index >= 15 is 0 Å². The largest absolute Gasteiger partial charge is 0.508 e. The van der Waals surface area contributed by atoms with Gasteiger partial charge in [0.05, 0.1) is 13.2 Å². The number of hydrogen-bond donors (Lipinski definition) is 1. The van der Waals surface area contributed by atoms with Gasteiger partial charge in [0.15, 0.2) is 11.2 Å². The molecular formula is C28H25NO5. The minimum atomic E-state index is -1.73. The summed E-state index contributed by atoms with van der Waals surface area (Å²) >= 11 is 0. The first kappa shape index (κ1) is 23.1. The summed E-state index contributed by atoms with van der Waals surface area (Å²) in [6, 6.07) is 24.4. The van der Waals surface area contributed by atoms with E-state index in [1.807, 2.05) is 30.3 Å². The molecule has 1 fully saturated rings. The van der Waals surface area contributed by atoms with Gasteiger partial charge in [0.1, 0.15) is 23.5 Å². The zero-order valence-corrected chi connectivity index (χ0v) is 18.9. The Bertz CT molecular complexity index is 1210. The summed E-state index contributed by atoms with van der Waals surface area (Å²) in [7, 11) is 1.54. The van der Waals surface area contributed by atoms with Gasteiger partial charge in [-0.3, -0.25) is 9.59 Å². The van der Waals surface area contributed by atoms with Crippen LogP contribution in [0.3, 0.4) is 0 Å². The molecule has 0 heterocycles. The summed E-state index contributed by atoms with van der Waals surface area (Å²) in [6.07, 6.45) is 0.828. The fourth-order valence-electron chi connectivity index (χ4n) is 4.92. The second-order valence-electron chi connectivity index (χ2n) is 8.38. The lowest BCUT2D eigenvalue weighted by atomic mass is 9.56. The normalized spacial score (nSPS) is 19.1. The van der Waals surface area contributed by atoms with E-state index in [9.17, 15) is 20.0 Å². The van der Waals surface area contributed by atoms with Gasteiger partial charge in [0, 0.05) is 6.42 Å². The molecule has 1 aliphatic carbocycles. The number of carbonyl (C=O) groups excluding carboxylic acids is 2. The Kier molecular flexibility index (Phi) is 6.38. The third-order valence-electron chi connectivity index (χ3n) is 6.62. The van der Waals surface area contributed by atoms with E-state index in [4.69, 9.17) is 9.47 Å². The molecule has 1 saturated carbocycles. The first-order valence-corrected chi connectivity index (χ1v) is 11.1.